The Morgan fingerprint density at radius 3 is 2.50 bits per heavy atom. The summed E-state index contributed by atoms with van der Waals surface area (Å²) >= 11 is 0. The maximum absolute atomic E-state index is 13.1. The Bertz CT molecular complexity index is 749. The van der Waals surface area contributed by atoms with Crippen LogP contribution in [0.5, 0.6) is 0 Å². The number of nitrogens with zero attached hydrogens (tertiary/aromatic N) is 3. The van der Waals surface area contributed by atoms with E-state index in [0.717, 1.165) is 31.2 Å². The molecule has 6 heteroatoms. The van der Waals surface area contributed by atoms with E-state index in [1.54, 1.807) is 10.9 Å². The molecule has 26 heavy (non-hydrogen) atoms. The molecule has 1 atom stereocenters. The van der Waals surface area contributed by atoms with Crippen molar-refractivity contribution in [3.8, 4) is 0 Å². The SMILES string of the molecule is CCCC(C(=O)N1CCC(n2cc(C(=O)O)cn2)CC1)c1ccccc1. The van der Waals surface area contributed by atoms with Crippen molar-refractivity contribution < 1.29 is 14.7 Å². The molecule has 0 saturated carbocycles. The zero-order valence-electron chi connectivity index (χ0n) is 15.0. The van der Waals surface area contributed by atoms with E-state index in [9.17, 15) is 9.59 Å². The third-order valence-corrected chi connectivity index (χ3v) is 5.08. The number of hydrogen-bond acceptors (Lipinski definition) is 3. The van der Waals surface area contributed by atoms with Crippen LogP contribution in [0.25, 0.3) is 0 Å². The maximum atomic E-state index is 13.1. The highest BCUT2D eigenvalue weighted by Crippen LogP contribution is 2.28. The zero-order chi connectivity index (χ0) is 18.5. The Labute approximate surface area is 153 Å². The Hall–Kier alpha value is -2.63. The van der Waals surface area contributed by atoms with Crippen LogP contribution in [0.4, 0.5) is 0 Å². The van der Waals surface area contributed by atoms with E-state index in [2.05, 4.69) is 12.0 Å². The first-order valence-corrected chi connectivity index (χ1v) is 9.21. The molecule has 2 heterocycles. The summed E-state index contributed by atoms with van der Waals surface area (Å²) in [5.74, 6) is -0.849. The molecule has 0 aliphatic carbocycles. The predicted molar refractivity (Wildman–Crippen MR) is 98.1 cm³/mol. The van der Waals surface area contributed by atoms with E-state index >= 15 is 0 Å². The fourth-order valence-electron chi connectivity index (χ4n) is 3.63. The van der Waals surface area contributed by atoms with Gasteiger partial charge in [0.15, 0.2) is 0 Å². The summed E-state index contributed by atoms with van der Waals surface area (Å²) in [5.41, 5.74) is 1.29. The first kappa shape index (κ1) is 18.2. The Balaban J connectivity index is 1.64. The Morgan fingerprint density at radius 2 is 1.92 bits per heavy atom. The van der Waals surface area contributed by atoms with Crippen molar-refractivity contribution in [2.24, 2.45) is 0 Å². The molecule has 0 spiro atoms. The highest BCUT2D eigenvalue weighted by molar-refractivity contribution is 5.86. The number of aromatic nitrogens is 2. The van der Waals surface area contributed by atoms with Gasteiger partial charge in [-0.15, -0.1) is 0 Å². The highest BCUT2D eigenvalue weighted by Gasteiger charge is 2.29. The number of rotatable bonds is 6. The number of aromatic carboxylic acids is 1. The van der Waals surface area contributed by atoms with Gasteiger partial charge >= 0.3 is 5.97 Å². The van der Waals surface area contributed by atoms with E-state index in [1.165, 1.54) is 6.20 Å². The van der Waals surface area contributed by atoms with E-state index < -0.39 is 5.97 Å². The molecule has 1 saturated heterocycles. The summed E-state index contributed by atoms with van der Waals surface area (Å²) in [6.45, 7) is 3.46. The average molecular weight is 355 g/mol. The topological polar surface area (TPSA) is 75.4 Å². The molecule has 0 radical (unpaired) electrons. The van der Waals surface area contributed by atoms with Crippen LogP contribution in [0.1, 0.15) is 60.5 Å². The van der Waals surface area contributed by atoms with Gasteiger partial charge in [0, 0.05) is 19.3 Å². The van der Waals surface area contributed by atoms with Gasteiger partial charge in [-0.25, -0.2) is 4.79 Å². The van der Waals surface area contributed by atoms with Crippen LogP contribution >= 0.6 is 0 Å². The molecule has 1 amide bonds. The molecule has 1 unspecified atom stereocenters. The first-order valence-electron chi connectivity index (χ1n) is 9.21. The fraction of sp³-hybridized carbons (Fsp3) is 0.450. The molecule has 1 aromatic heterocycles. The number of carboxylic acid groups (broad SMARTS) is 1. The molecule has 1 aliphatic rings. The van der Waals surface area contributed by atoms with Crippen LogP contribution in [-0.4, -0.2) is 44.8 Å². The van der Waals surface area contributed by atoms with Crippen LogP contribution in [0, 0.1) is 0 Å². The molecular formula is C20H25N3O3. The zero-order valence-corrected chi connectivity index (χ0v) is 15.0. The number of benzene rings is 1. The molecule has 3 rings (SSSR count). The summed E-state index contributed by atoms with van der Waals surface area (Å²) in [6.07, 6.45) is 6.36. The molecule has 138 valence electrons. The highest BCUT2D eigenvalue weighted by atomic mass is 16.4. The summed E-state index contributed by atoms with van der Waals surface area (Å²) in [5, 5.41) is 13.2. The number of carbonyl (C=O) groups excluding carboxylic acids is 1. The van der Waals surface area contributed by atoms with Crippen molar-refractivity contribution in [2.45, 2.75) is 44.6 Å². The third-order valence-electron chi connectivity index (χ3n) is 5.08. The Morgan fingerprint density at radius 1 is 1.23 bits per heavy atom. The fourth-order valence-corrected chi connectivity index (χ4v) is 3.63. The number of carbonyl (C=O) groups is 2. The molecule has 1 aromatic carbocycles. The van der Waals surface area contributed by atoms with Crippen molar-refractivity contribution >= 4 is 11.9 Å². The number of amides is 1. The van der Waals surface area contributed by atoms with Crippen molar-refractivity contribution in [1.82, 2.24) is 14.7 Å². The van der Waals surface area contributed by atoms with Gasteiger partial charge in [-0.3, -0.25) is 9.48 Å². The summed E-state index contributed by atoms with van der Waals surface area (Å²) in [4.78, 5) is 26.0. The Kier molecular flexibility index (Phi) is 5.71. The van der Waals surface area contributed by atoms with Crippen LogP contribution in [0.2, 0.25) is 0 Å². The van der Waals surface area contributed by atoms with E-state index in [4.69, 9.17) is 5.11 Å². The number of piperidine rings is 1. The molecule has 6 nitrogen and oxygen atoms in total. The second-order valence-electron chi connectivity index (χ2n) is 6.82. The minimum absolute atomic E-state index is 0.0823. The van der Waals surface area contributed by atoms with E-state index in [1.807, 2.05) is 35.2 Å². The van der Waals surface area contributed by atoms with Gasteiger partial charge in [-0.05, 0) is 24.8 Å². The largest absolute Gasteiger partial charge is 0.478 e. The molecule has 1 fully saturated rings. The van der Waals surface area contributed by atoms with E-state index in [-0.39, 0.29) is 23.4 Å². The first-order chi connectivity index (χ1) is 12.6. The van der Waals surface area contributed by atoms with Gasteiger partial charge in [0.2, 0.25) is 5.91 Å². The van der Waals surface area contributed by atoms with Crippen LogP contribution in [0.15, 0.2) is 42.7 Å². The predicted octanol–water partition coefficient (Wildman–Crippen LogP) is 3.33. The van der Waals surface area contributed by atoms with Gasteiger partial charge < -0.3 is 10.0 Å². The molecular weight excluding hydrogens is 330 g/mol. The van der Waals surface area contributed by atoms with Crippen LogP contribution < -0.4 is 0 Å². The number of likely N-dealkylation sites (tertiary alicyclic amines) is 1. The second-order valence-corrected chi connectivity index (χ2v) is 6.82. The number of hydrogen-bond donors (Lipinski definition) is 1. The average Bonchev–Trinajstić information content (AvgIpc) is 3.17. The molecule has 0 bridgehead atoms. The summed E-state index contributed by atoms with van der Waals surface area (Å²) in [7, 11) is 0. The number of carboxylic acids is 1. The lowest BCUT2D eigenvalue weighted by molar-refractivity contribution is -0.134. The maximum Gasteiger partial charge on any atom is 0.338 e. The summed E-state index contributed by atoms with van der Waals surface area (Å²) in [6, 6.07) is 10.1. The van der Waals surface area contributed by atoms with Crippen molar-refractivity contribution in [1.29, 1.82) is 0 Å². The summed E-state index contributed by atoms with van der Waals surface area (Å²) < 4.78 is 1.73. The van der Waals surface area contributed by atoms with Crippen molar-refractivity contribution in [3.05, 3.63) is 53.9 Å². The third kappa shape index (κ3) is 3.95. The lowest BCUT2D eigenvalue weighted by atomic mass is 9.92. The van der Waals surface area contributed by atoms with Crippen LogP contribution in [0.3, 0.4) is 0 Å². The lowest BCUT2D eigenvalue weighted by Crippen LogP contribution is -2.41. The normalized spacial score (nSPS) is 16.4. The standard InChI is InChI=1S/C20H25N3O3/c1-2-6-18(15-7-4-3-5-8-15)19(24)22-11-9-17(10-12-22)23-14-16(13-21-23)20(25)26/h3-5,7-8,13-14,17-18H,2,6,9-12H2,1H3,(H,25,26). The molecule has 1 N–H and O–H groups in total. The van der Waals surface area contributed by atoms with E-state index in [0.29, 0.717) is 13.1 Å². The van der Waals surface area contributed by atoms with Gasteiger partial charge in [0.05, 0.1) is 23.7 Å². The second kappa shape index (κ2) is 8.17. The minimum atomic E-state index is -0.964. The van der Waals surface area contributed by atoms with Crippen molar-refractivity contribution in [2.75, 3.05) is 13.1 Å². The molecule has 1 aliphatic heterocycles. The lowest BCUT2D eigenvalue weighted by Gasteiger charge is -2.34. The van der Waals surface area contributed by atoms with Crippen LogP contribution in [-0.2, 0) is 4.79 Å². The van der Waals surface area contributed by atoms with Gasteiger partial charge in [-0.2, -0.15) is 5.10 Å². The monoisotopic (exact) mass is 355 g/mol. The molecule has 2 aromatic rings. The van der Waals surface area contributed by atoms with Gasteiger partial charge in [0.1, 0.15) is 0 Å². The minimum Gasteiger partial charge on any atom is -0.478 e. The van der Waals surface area contributed by atoms with Gasteiger partial charge in [0.25, 0.3) is 0 Å². The smallest absolute Gasteiger partial charge is 0.338 e. The quantitative estimate of drug-likeness (QED) is 0.862. The van der Waals surface area contributed by atoms with Crippen molar-refractivity contribution in [3.63, 3.8) is 0 Å². The van der Waals surface area contributed by atoms with Gasteiger partial charge in [-0.1, -0.05) is 43.7 Å².